The van der Waals surface area contributed by atoms with Gasteiger partial charge >= 0.3 is 0 Å². The highest BCUT2D eigenvalue weighted by molar-refractivity contribution is 9.10. The monoisotopic (exact) mass is 533 g/mol. The second-order valence-corrected chi connectivity index (χ2v) is 10.5. The van der Waals surface area contributed by atoms with Crippen molar-refractivity contribution in [2.45, 2.75) is 45.2 Å². The molecule has 0 radical (unpaired) electrons. The predicted octanol–water partition coefficient (Wildman–Crippen LogP) is 4.09. The van der Waals surface area contributed by atoms with E-state index in [1.54, 1.807) is 10.7 Å². The van der Waals surface area contributed by atoms with Crippen LogP contribution in [-0.2, 0) is 11.3 Å². The molecule has 6 rings (SSSR count). The van der Waals surface area contributed by atoms with E-state index in [1.807, 2.05) is 17.2 Å². The number of piperidine rings is 1. The molecular weight excluding hydrogens is 506 g/mol. The van der Waals surface area contributed by atoms with E-state index in [4.69, 9.17) is 10.7 Å². The van der Waals surface area contributed by atoms with E-state index in [-0.39, 0.29) is 0 Å². The van der Waals surface area contributed by atoms with Gasteiger partial charge in [-0.1, -0.05) is 11.6 Å². The summed E-state index contributed by atoms with van der Waals surface area (Å²) in [6.45, 7) is 4.31. The van der Waals surface area contributed by atoms with Crippen LogP contribution in [0.5, 0.6) is 0 Å². The minimum atomic E-state index is 0.293. The lowest BCUT2D eigenvalue weighted by atomic mass is 10.0. The van der Waals surface area contributed by atoms with E-state index >= 15 is 0 Å². The lowest BCUT2D eigenvalue weighted by Gasteiger charge is -2.32. The highest BCUT2D eigenvalue weighted by atomic mass is 79.9. The van der Waals surface area contributed by atoms with Gasteiger partial charge in [0.1, 0.15) is 5.82 Å². The zero-order chi connectivity index (χ0) is 24.1. The van der Waals surface area contributed by atoms with Crippen LogP contribution < -0.4 is 11.1 Å². The van der Waals surface area contributed by atoms with Crippen LogP contribution in [0.4, 0.5) is 5.82 Å². The number of amides is 1. The fourth-order valence-electron chi connectivity index (χ4n) is 4.90. The Hall–Kier alpha value is -3.04. The Balaban J connectivity index is 1.23. The lowest BCUT2D eigenvalue weighted by Crippen LogP contribution is -2.45. The van der Waals surface area contributed by atoms with Crippen LogP contribution in [0.25, 0.3) is 27.7 Å². The van der Waals surface area contributed by atoms with Crippen LogP contribution in [-0.4, -0.2) is 49.5 Å². The van der Waals surface area contributed by atoms with Gasteiger partial charge in [0.05, 0.1) is 21.9 Å². The molecule has 0 atom stereocenters. The van der Waals surface area contributed by atoms with Gasteiger partial charge in [-0.2, -0.15) is 9.61 Å². The number of nitrogen functional groups attached to an aromatic ring is 1. The highest BCUT2D eigenvalue weighted by Crippen LogP contribution is 2.33. The molecule has 1 saturated heterocycles. The van der Waals surface area contributed by atoms with Gasteiger partial charge in [0.2, 0.25) is 5.91 Å². The Morgan fingerprint density at radius 1 is 1.17 bits per heavy atom. The molecule has 1 aliphatic heterocycles. The van der Waals surface area contributed by atoms with Crippen LogP contribution in [0.2, 0.25) is 0 Å². The van der Waals surface area contributed by atoms with Crippen molar-refractivity contribution < 1.29 is 4.79 Å². The van der Waals surface area contributed by atoms with Crippen LogP contribution in [0.15, 0.2) is 41.1 Å². The van der Waals surface area contributed by atoms with E-state index in [0.717, 1.165) is 71.0 Å². The van der Waals surface area contributed by atoms with Crippen molar-refractivity contribution >= 4 is 44.2 Å². The predicted molar refractivity (Wildman–Crippen MR) is 140 cm³/mol. The van der Waals surface area contributed by atoms with E-state index in [9.17, 15) is 4.79 Å². The zero-order valence-electron chi connectivity index (χ0n) is 19.7. The highest BCUT2D eigenvalue weighted by Gasteiger charge is 2.34. The third-order valence-electron chi connectivity index (χ3n) is 7.13. The zero-order valence-corrected chi connectivity index (χ0v) is 21.3. The standard InChI is InChI=1S/C26H28BrN7O/c1-15-2-5-21-17(10-15)11-18(12-30-21)20-13-31-34-24(28)23(27)22(32-25(20)34)14-29-19-6-8-33(9-7-19)26(35)16-3-4-16/h2,5,10-13,16,19,29H,3-4,6-9,14,28H2,1H3. The number of likely N-dealkylation sites (tertiary alicyclic amines) is 1. The second-order valence-electron chi connectivity index (χ2n) is 9.73. The van der Waals surface area contributed by atoms with E-state index < -0.39 is 0 Å². The molecule has 2 aliphatic rings. The van der Waals surface area contributed by atoms with E-state index in [2.05, 4.69) is 56.5 Å². The van der Waals surface area contributed by atoms with Gasteiger partial charge in [-0.25, -0.2) is 4.98 Å². The summed E-state index contributed by atoms with van der Waals surface area (Å²) in [5, 5.41) is 9.21. The number of nitrogens with two attached hydrogens (primary N) is 1. The molecule has 35 heavy (non-hydrogen) atoms. The maximum Gasteiger partial charge on any atom is 0.225 e. The molecule has 180 valence electrons. The number of nitrogens with one attached hydrogen (secondary N) is 1. The molecule has 3 N–H and O–H groups in total. The van der Waals surface area contributed by atoms with Crippen LogP contribution in [0.3, 0.4) is 0 Å². The number of benzene rings is 1. The van der Waals surface area contributed by atoms with Gasteiger partial charge < -0.3 is 16.0 Å². The third kappa shape index (κ3) is 4.27. The number of halogens is 1. The summed E-state index contributed by atoms with van der Waals surface area (Å²) in [6, 6.07) is 8.71. The molecule has 2 fully saturated rings. The Bertz CT molecular complexity index is 1440. The normalized spacial score (nSPS) is 16.9. The Morgan fingerprint density at radius 2 is 1.97 bits per heavy atom. The summed E-state index contributed by atoms with van der Waals surface area (Å²) in [6.07, 6.45) is 7.69. The molecule has 1 aromatic carbocycles. The van der Waals surface area contributed by atoms with Crippen molar-refractivity contribution in [1.82, 2.24) is 29.8 Å². The second kappa shape index (κ2) is 8.87. The maximum atomic E-state index is 12.3. The minimum absolute atomic E-state index is 0.293. The lowest BCUT2D eigenvalue weighted by molar-refractivity contribution is -0.133. The van der Waals surface area contributed by atoms with Crippen LogP contribution >= 0.6 is 15.9 Å². The number of fused-ring (bicyclic) bond motifs is 2. The first kappa shape index (κ1) is 22.4. The molecule has 3 aromatic heterocycles. The number of anilines is 1. The van der Waals surface area contributed by atoms with Crippen molar-refractivity contribution in [2.75, 3.05) is 18.8 Å². The average molecular weight is 534 g/mol. The number of carbonyl (C=O) groups excluding carboxylic acids is 1. The molecule has 1 aliphatic carbocycles. The Morgan fingerprint density at radius 3 is 2.74 bits per heavy atom. The van der Waals surface area contributed by atoms with Gasteiger partial charge in [0, 0.05) is 54.3 Å². The van der Waals surface area contributed by atoms with Gasteiger partial charge in [0.25, 0.3) is 0 Å². The summed E-state index contributed by atoms with van der Waals surface area (Å²) in [5.74, 6) is 1.16. The fourth-order valence-corrected chi connectivity index (χ4v) is 5.29. The number of aryl methyl sites for hydroxylation is 1. The summed E-state index contributed by atoms with van der Waals surface area (Å²) in [4.78, 5) is 23.9. The first-order valence-corrected chi connectivity index (χ1v) is 13.0. The van der Waals surface area contributed by atoms with Crippen LogP contribution in [0, 0.1) is 12.8 Å². The van der Waals surface area contributed by atoms with E-state index in [0.29, 0.717) is 35.9 Å². The average Bonchev–Trinajstić information content (AvgIpc) is 3.64. The van der Waals surface area contributed by atoms with Gasteiger partial charge in [-0.05, 0) is 66.7 Å². The van der Waals surface area contributed by atoms with Gasteiger partial charge in [0.15, 0.2) is 5.65 Å². The quantitative estimate of drug-likeness (QED) is 0.400. The number of hydrogen-bond acceptors (Lipinski definition) is 6. The molecule has 1 amide bonds. The van der Waals surface area contributed by atoms with Gasteiger partial charge in [-0.3, -0.25) is 9.78 Å². The molecule has 1 saturated carbocycles. The smallest absolute Gasteiger partial charge is 0.225 e. The molecule has 8 nitrogen and oxygen atoms in total. The molecule has 4 aromatic rings. The first-order valence-electron chi connectivity index (χ1n) is 12.2. The van der Waals surface area contributed by atoms with Crippen molar-refractivity contribution in [3.05, 3.63) is 52.4 Å². The SMILES string of the molecule is Cc1ccc2ncc(-c3cnn4c(N)c(Br)c(CNC5CCN(C(=O)C6CC6)CC5)nc34)cc2c1. The largest absolute Gasteiger partial charge is 0.383 e. The minimum Gasteiger partial charge on any atom is -0.383 e. The van der Waals surface area contributed by atoms with Crippen LogP contribution in [0.1, 0.15) is 36.9 Å². The van der Waals surface area contributed by atoms with Crippen molar-refractivity contribution in [2.24, 2.45) is 5.92 Å². The number of rotatable bonds is 5. The Labute approximate surface area is 212 Å². The number of carbonyl (C=O) groups is 1. The fraction of sp³-hybridized carbons (Fsp3) is 0.385. The molecule has 0 bridgehead atoms. The van der Waals surface area contributed by atoms with Crippen molar-refractivity contribution in [3.8, 4) is 11.1 Å². The molecular formula is C26H28BrN7O. The summed E-state index contributed by atoms with van der Waals surface area (Å²) >= 11 is 3.63. The third-order valence-corrected chi connectivity index (χ3v) is 7.99. The van der Waals surface area contributed by atoms with E-state index in [1.165, 1.54) is 5.56 Å². The summed E-state index contributed by atoms with van der Waals surface area (Å²) < 4.78 is 2.42. The molecule has 0 unspecified atom stereocenters. The van der Waals surface area contributed by atoms with Crippen molar-refractivity contribution in [1.29, 1.82) is 0 Å². The topological polar surface area (TPSA) is 101 Å². The first-order chi connectivity index (χ1) is 17.0. The van der Waals surface area contributed by atoms with Gasteiger partial charge in [-0.15, -0.1) is 0 Å². The number of aromatic nitrogens is 4. The summed E-state index contributed by atoms with van der Waals surface area (Å²) in [7, 11) is 0. The summed E-state index contributed by atoms with van der Waals surface area (Å²) in [5.41, 5.74) is 12.0. The molecule has 4 heterocycles. The number of hydrogen-bond donors (Lipinski definition) is 2. The number of nitrogens with zero attached hydrogens (tertiary/aromatic N) is 5. The maximum absolute atomic E-state index is 12.3. The van der Waals surface area contributed by atoms with Crippen molar-refractivity contribution in [3.63, 3.8) is 0 Å². The number of pyridine rings is 1. The molecule has 0 spiro atoms. The molecule has 9 heteroatoms. The Kier molecular flexibility index (Phi) is 5.69.